The summed E-state index contributed by atoms with van der Waals surface area (Å²) >= 11 is 5.94. The van der Waals surface area contributed by atoms with Gasteiger partial charge in [0.2, 0.25) is 5.91 Å². The highest BCUT2D eigenvalue weighted by atomic mass is 35.5. The molecule has 5 heteroatoms. The topological polar surface area (TPSA) is 41.1 Å². The number of halogens is 2. The molecule has 2 aliphatic rings. The van der Waals surface area contributed by atoms with Crippen LogP contribution in [0.15, 0.2) is 18.2 Å². The van der Waals surface area contributed by atoms with Crippen LogP contribution in [0, 0.1) is 5.92 Å². The number of hydrogen-bond acceptors (Lipinski definition) is 2. The summed E-state index contributed by atoms with van der Waals surface area (Å²) in [5.74, 6) is 0.609. The van der Waals surface area contributed by atoms with E-state index >= 15 is 0 Å². The van der Waals surface area contributed by atoms with Crippen molar-refractivity contribution >= 4 is 35.6 Å². The summed E-state index contributed by atoms with van der Waals surface area (Å²) in [6, 6.07) is 5.70. The van der Waals surface area contributed by atoms with Crippen LogP contribution in [-0.4, -0.2) is 19.0 Å². The normalized spacial score (nSPS) is 23.2. The molecular formula is C13H16Cl2N2O. The van der Waals surface area contributed by atoms with Gasteiger partial charge in [-0.05, 0) is 49.5 Å². The highest BCUT2D eigenvalue weighted by molar-refractivity contribution is 6.31. The zero-order chi connectivity index (χ0) is 11.8. The van der Waals surface area contributed by atoms with Crippen molar-refractivity contribution in [3.8, 4) is 0 Å². The summed E-state index contributed by atoms with van der Waals surface area (Å²) in [4.78, 5) is 12.1. The summed E-state index contributed by atoms with van der Waals surface area (Å²) < 4.78 is 0. The number of carbonyl (C=O) groups is 1. The second-order valence-electron chi connectivity index (χ2n) is 4.79. The third-order valence-electron chi connectivity index (χ3n) is 3.75. The molecule has 2 heterocycles. The summed E-state index contributed by atoms with van der Waals surface area (Å²) in [5, 5.41) is 6.95. The first-order valence-corrected chi connectivity index (χ1v) is 6.44. The molecular weight excluding hydrogens is 271 g/mol. The van der Waals surface area contributed by atoms with E-state index in [1.165, 1.54) is 0 Å². The minimum atomic E-state index is 0. The van der Waals surface area contributed by atoms with Crippen LogP contribution in [-0.2, 0) is 4.79 Å². The quantitative estimate of drug-likeness (QED) is 0.834. The Morgan fingerprint density at radius 2 is 1.94 bits per heavy atom. The molecule has 3 nitrogen and oxygen atoms in total. The van der Waals surface area contributed by atoms with E-state index in [9.17, 15) is 4.79 Å². The number of hydrogen-bond donors (Lipinski definition) is 2. The number of carbonyl (C=O) groups excluding carboxylic acids is 1. The maximum absolute atomic E-state index is 12.1. The molecule has 1 aromatic carbocycles. The van der Waals surface area contributed by atoms with Crippen molar-refractivity contribution in [3.63, 3.8) is 0 Å². The van der Waals surface area contributed by atoms with E-state index in [1.54, 1.807) is 0 Å². The Kier molecular flexibility index (Phi) is 4.15. The van der Waals surface area contributed by atoms with Gasteiger partial charge in [-0.2, -0.15) is 0 Å². The van der Waals surface area contributed by atoms with Gasteiger partial charge in [0.1, 0.15) is 0 Å². The molecule has 0 saturated carbocycles. The van der Waals surface area contributed by atoms with Crippen LogP contribution in [0.5, 0.6) is 0 Å². The molecule has 1 amide bonds. The molecule has 2 N–H and O–H groups in total. The van der Waals surface area contributed by atoms with Crippen molar-refractivity contribution in [2.75, 3.05) is 18.4 Å². The second-order valence-corrected chi connectivity index (χ2v) is 5.22. The van der Waals surface area contributed by atoms with E-state index < -0.39 is 0 Å². The van der Waals surface area contributed by atoms with Gasteiger partial charge in [0.05, 0.1) is 5.92 Å². The molecule has 18 heavy (non-hydrogen) atoms. The summed E-state index contributed by atoms with van der Waals surface area (Å²) in [5.41, 5.74) is 2.01. The number of nitrogens with one attached hydrogen (secondary N) is 2. The number of amides is 1. The molecule has 1 unspecified atom stereocenters. The first-order chi connectivity index (χ1) is 8.25. The Bertz CT molecular complexity index is 458. The molecule has 1 fully saturated rings. The fourth-order valence-electron chi connectivity index (χ4n) is 2.91. The van der Waals surface area contributed by atoms with Crippen LogP contribution in [0.3, 0.4) is 0 Å². The van der Waals surface area contributed by atoms with E-state index in [0.717, 1.165) is 37.2 Å². The molecule has 3 rings (SSSR count). The molecule has 0 aliphatic carbocycles. The lowest BCUT2D eigenvalue weighted by Crippen LogP contribution is -2.33. The van der Waals surface area contributed by atoms with Crippen molar-refractivity contribution in [3.05, 3.63) is 28.8 Å². The molecule has 98 valence electrons. The fourth-order valence-corrected chi connectivity index (χ4v) is 3.08. The maximum Gasteiger partial charge on any atom is 0.232 e. The summed E-state index contributed by atoms with van der Waals surface area (Å²) in [6.45, 7) is 2.02. The van der Waals surface area contributed by atoms with E-state index in [-0.39, 0.29) is 24.2 Å². The van der Waals surface area contributed by atoms with Crippen LogP contribution in [0.2, 0.25) is 5.02 Å². The first kappa shape index (κ1) is 13.7. The van der Waals surface area contributed by atoms with Gasteiger partial charge in [0, 0.05) is 10.7 Å². The van der Waals surface area contributed by atoms with Gasteiger partial charge in [0.15, 0.2) is 0 Å². The molecule has 0 aromatic heterocycles. The lowest BCUT2D eigenvalue weighted by Gasteiger charge is -2.26. The molecule has 1 atom stereocenters. The minimum Gasteiger partial charge on any atom is -0.325 e. The van der Waals surface area contributed by atoms with E-state index in [2.05, 4.69) is 10.6 Å². The first-order valence-electron chi connectivity index (χ1n) is 6.07. The van der Waals surface area contributed by atoms with Gasteiger partial charge in [-0.25, -0.2) is 0 Å². The Balaban J connectivity index is 0.00000120. The van der Waals surface area contributed by atoms with E-state index in [1.807, 2.05) is 18.2 Å². The summed E-state index contributed by atoms with van der Waals surface area (Å²) in [6.07, 6.45) is 2.14. The SMILES string of the molecule is Cl.O=C1Nc2cc(Cl)ccc2C1C1CCNCC1. The third-order valence-corrected chi connectivity index (χ3v) is 3.98. The smallest absolute Gasteiger partial charge is 0.232 e. The Morgan fingerprint density at radius 1 is 1.22 bits per heavy atom. The fraction of sp³-hybridized carbons (Fsp3) is 0.462. The van der Waals surface area contributed by atoms with Crippen molar-refractivity contribution in [1.82, 2.24) is 5.32 Å². The van der Waals surface area contributed by atoms with Crippen molar-refractivity contribution in [2.24, 2.45) is 5.92 Å². The maximum atomic E-state index is 12.1. The Labute approximate surface area is 118 Å². The highest BCUT2D eigenvalue weighted by Gasteiger charge is 2.37. The van der Waals surface area contributed by atoms with Crippen molar-refractivity contribution < 1.29 is 4.79 Å². The van der Waals surface area contributed by atoms with Gasteiger partial charge in [-0.15, -0.1) is 12.4 Å². The lowest BCUT2D eigenvalue weighted by atomic mass is 9.81. The molecule has 2 aliphatic heterocycles. The van der Waals surface area contributed by atoms with Gasteiger partial charge < -0.3 is 10.6 Å². The monoisotopic (exact) mass is 286 g/mol. The van der Waals surface area contributed by atoms with E-state index in [0.29, 0.717) is 10.9 Å². The second kappa shape index (κ2) is 5.47. The zero-order valence-electron chi connectivity index (χ0n) is 9.91. The standard InChI is InChI=1S/C13H15ClN2O.ClH/c14-9-1-2-10-11(7-9)16-13(17)12(10)8-3-5-15-6-4-8;/h1-2,7-8,12,15H,3-6H2,(H,16,17);1H. The van der Waals surface area contributed by atoms with Gasteiger partial charge in [0.25, 0.3) is 0 Å². The third kappa shape index (κ3) is 2.35. The van der Waals surface area contributed by atoms with Crippen LogP contribution in [0.4, 0.5) is 5.69 Å². The number of rotatable bonds is 1. The molecule has 1 aromatic rings. The predicted molar refractivity (Wildman–Crippen MR) is 75.7 cm³/mol. The van der Waals surface area contributed by atoms with Gasteiger partial charge in [-0.1, -0.05) is 17.7 Å². The van der Waals surface area contributed by atoms with Gasteiger partial charge >= 0.3 is 0 Å². The van der Waals surface area contributed by atoms with Crippen molar-refractivity contribution in [2.45, 2.75) is 18.8 Å². The number of fused-ring (bicyclic) bond motifs is 1. The minimum absolute atomic E-state index is 0. The lowest BCUT2D eigenvalue weighted by molar-refractivity contribution is -0.118. The average molecular weight is 287 g/mol. The molecule has 0 bridgehead atoms. The molecule has 0 radical (unpaired) electrons. The molecule has 0 spiro atoms. The predicted octanol–water partition coefficient (Wildman–Crippen LogP) is 2.80. The largest absolute Gasteiger partial charge is 0.325 e. The Morgan fingerprint density at radius 3 is 2.67 bits per heavy atom. The van der Waals surface area contributed by atoms with Crippen molar-refractivity contribution in [1.29, 1.82) is 0 Å². The summed E-state index contributed by atoms with van der Waals surface area (Å²) in [7, 11) is 0. The number of anilines is 1. The van der Waals surface area contributed by atoms with E-state index in [4.69, 9.17) is 11.6 Å². The van der Waals surface area contributed by atoms with Gasteiger partial charge in [-0.3, -0.25) is 4.79 Å². The Hall–Kier alpha value is -0.770. The van der Waals surface area contributed by atoms with Crippen LogP contribution in [0.25, 0.3) is 0 Å². The zero-order valence-corrected chi connectivity index (χ0v) is 11.5. The average Bonchev–Trinajstić information content (AvgIpc) is 2.65. The van der Waals surface area contributed by atoms with Crippen LogP contribution >= 0.6 is 24.0 Å². The number of piperidine rings is 1. The number of benzene rings is 1. The highest BCUT2D eigenvalue weighted by Crippen LogP contribution is 2.41. The molecule has 1 saturated heterocycles. The van der Waals surface area contributed by atoms with Crippen LogP contribution < -0.4 is 10.6 Å². The van der Waals surface area contributed by atoms with Crippen LogP contribution in [0.1, 0.15) is 24.3 Å².